The lowest BCUT2D eigenvalue weighted by Crippen LogP contribution is -1.86. The van der Waals surface area contributed by atoms with Gasteiger partial charge in [0.1, 0.15) is 10.8 Å². The number of nitrogen functional groups attached to an aromatic ring is 1. The van der Waals surface area contributed by atoms with Crippen molar-refractivity contribution in [3.05, 3.63) is 47.2 Å². The van der Waals surface area contributed by atoms with E-state index in [2.05, 4.69) is 4.98 Å². The second-order valence-electron chi connectivity index (χ2n) is 3.87. The summed E-state index contributed by atoms with van der Waals surface area (Å²) in [5, 5.41) is 1.33. The third-order valence-electron chi connectivity index (χ3n) is 2.57. The van der Waals surface area contributed by atoms with E-state index in [1.54, 1.807) is 24.3 Å². The lowest BCUT2D eigenvalue weighted by molar-refractivity contribution is 0.630. The van der Waals surface area contributed by atoms with Gasteiger partial charge in [-0.3, -0.25) is 0 Å². The normalized spacial score (nSPS) is 11.0. The van der Waals surface area contributed by atoms with Gasteiger partial charge in [0.2, 0.25) is 0 Å². The molecule has 3 rings (SSSR count). The second kappa shape index (κ2) is 4.23. The molecule has 1 aromatic heterocycles. The Balaban J connectivity index is 2.22. The van der Waals surface area contributed by atoms with Crippen LogP contribution in [-0.4, -0.2) is 4.98 Å². The highest BCUT2D eigenvalue weighted by Gasteiger charge is 2.10. The minimum absolute atomic E-state index is 0.267. The highest BCUT2D eigenvalue weighted by molar-refractivity contribution is 7.21. The first-order valence-corrected chi connectivity index (χ1v) is 6.44. The van der Waals surface area contributed by atoms with Gasteiger partial charge in [-0.1, -0.05) is 11.6 Å². The number of rotatable bonds is 1. The molecule has 0 amide bonds. The van der Waals surface area contributed by atoms with Crippen molar-refractivity contribution in [1.29, 1.82) is 0 Å². The third-order valence-corrected chi connectivity index (χ3v) is 3.95. The number of aromatic nitrogens is 1. The zero-order chi connectivity index (χ0) is 12.7. The zero-order valence-electron chi connectivity index (χ0n) is 9.15. The van der Waals surface area contributed by atoms with E-state index >= 15 is 0 Å². The van der Waals surface area contributed by atoms with Gasteiger partial charge in [0.15, 0.2) is 0 Å². The monoisotopic (exact) mass is 278 g/mol. The molecule has 0 aliphatic rings. The Bertz CT molecular complexity index is 739. The van der Waals surface area contributed by atoms with Crippen molar-refractivity contribution in [3.8, 4) is 10.6 Å². The molecule has 0 fully saturated rings. The lowest BCUT2D eigenvalue weighted by Gasteiger charge is -2.01. The molecule has 0 bridgehead atoms. The van der Waals surface area contributed by atoms with Crippen molar-refractivity contribution in [2.24, 2.45) is 0 Å². The smallest absolute Gasteiger partial charge is 0.126 e. The molecule has 0 saturated heterocycles. The van der Waals surface area contributed by atoms with Crippen LogP contribution < -0.4 is 5.73 Å². The first-order valence-electron chi connectivity index (χ1n) is 5.25. The molecule has 0 saturated carbocycles. The molecule has 0 atom stereocenters. The lowest BCUT2D eigenvalue weighted by atomic mass is 10.2. The van der Waals surface area contributed by atoms with Gasteiger partial charge in [-0.2, -0.15) is 0 Å². The van der Waals surface area contributed by atoms with Crippen LogP contribution >= 0.6 is 22.9 Å². The fourth-order valence-electron chi connectivity index (χ4n) is 1.72. The van der Waals surface area contributed by atoms with Crippen LogP contribution in [0, 0.1) is 5.82 Å². The average molecular weight is 279 g/mol. The molecule has 0 spiro atoms. The van der Waals surface area contributed by atoms with Crippen molar-refractivity contribution >= 4 is 38.8 Å². The molecule has 1 heterocycles. The summed E-state index contributed by atoms with van der Waals surface area (Å²) in [7, 11) is 0. The van der Waals surface area contributed by atoms with E-state index in [0.29, 0.717) is 10.7 Å². The number of nitrogens with zero attached hydrogens (tertiary/aromatic N) is 1. The van der Waals surface area contributed by atoms with Crippen LogP contribution in [0.4, 0.5) is 10.1 Å². The van der Waals surface area contributed by atoms with Crippen LogP contribution in [0.3, 0.4) is 0 Å². The molecule has 0 radical (unpaired) electrons. The van der Waals surface area contributed by atoms with Crippen LogP contribution in [0.15, 0.2) is 36.4 Å². The molecule has 0 unspecified atom stereocenters. The maximum Gasteiger partial charge on any atom is 0.126 e. The summed E-state index contributed by atoms with van der Waals surface area (Å²) in [4.78, 5) is 4.44. The van der Waals surface area contributed by atoms with Gasteiger partial charge in [-0.15, -0.1) is 11.3 Å². The van der Waals surface area contributed by atoms with Gasteiger partial charge >= 0.3 is 0 Å². The summed E-state index contributed by atoms with van der Waals surface area (Å²) >= 11 is 7.52. The fraction of sp³-hybridized carbons (Fsp3) is 0. The van der Waals surface area contributed by atoms with Crippen molar-refractivity contribution in [3.63, 3.8) is 0 Å². The molecule has 18 heavy (non-hydrogen) atoms. The standard InChI is InChI=1S/C13H8ClFN2S/c14-10-3-2-8(16)6-9(10)13-17-11-4-1-7(15)5-12(11)18-13/h1-6H,16H2. The Morgan fingerprint density at radius 1 is 1.17 bits per heavy atom. The van der Waals surface area contributed by atoms with E-state index in [4.69, 9.17) is 17.3 Å². The summed E-state index contributed by atoms with van der Waals surface area (Å²) in [6, 6.07) is 9.77. The highest BCUT2D eigenvalue weighted by atomic mass is 35.5. The number of anilines is 1. The van der Waals surface area contributed by atoms with E-state index in [1.165, 1.54) is 23.5 Å². The SMILES string of the molecule is Nc1ccc(Cl)c(-c2nc3ccc(F)cc3s2)c1. The molecular weight excluding hydrogens is 271 g/mol. The van der Waals surface area contributed by atoms with Gasteiger partial charge in [-0.05, 0) is 36.4 Å². The summed E-state index contributed by atoms with van der Waals surface area (Å²) in [6.07, 6.45) is 0. The van der Waals surface area contributed by atoms with Crippen LogP contribution in [0.25, 0.3) is 20.8 Å². The van der Waals surface area contributed by atoms with Gasteiger partial charge in [0, 0.05) is 11.3 Å². The first kappa shape index (κ1) is 11.4. The Morgan fingerprint density at radius 3 is 2.83 bits per heavy atom. The van der Waals surface area contributed by atoms with Crippen LogP contribution in [0.1, 0.15) is 0 Å². The Morgan fingerprint density at radius 2 is 2.00 bits per heavy atom. The summed E-state index contributed by atoms with van der Waals surface area (Å²) in [5.74, 6) is -0.267. The number of benzene rings is 2. The summed E-state index contributed by atoms with van der Waals surface area (Å²) in [6.45, 7) is 0. The van der Waals surface area contributed by atoms with E-state index in [-0.39, 0.29) is 5.82 Å². The quantitative estimate of drug-likeness (QED) is 0.673. The van der Waals surface area contributed by atoms with Gasteiger partial charge in [0.25, 0.3) is 0 Å². The van der Waals surface area contributed by atoms with E-state index < -0.39 is 0 Å². The first-order chi connectivity index (χ1) is 8.63. The third kappa shape index (κ3) is 1.94. The minimum atomic E-state index is -0.267. The van der Waals surface area contributed by atoms with Crippen molar-refractivity contribution in [2.45, 2.75) is 0 Å². The minimum Gasteiger partial charge on any atom is -0.399 e. The van der Waals surface area contributed by atoms with Crippen molar-refractivity contribution < 1.29 is 4.39 Å². The molecule has 0 aliphatic heterocycles. The number of hydrogen-bond acceptors (Lipinski definition) is 3. The number of fused-ring (bicyclic) bond motifs is 1. The fourth-order valence-corrected chi connectivity index (χ4v) is 3.00. The van der Waals surface area contributed by atoms with E-state index in [9.17, 15) is 4.39 Å². The summed E-state index contributed by atoms with van der Waals surface area (Å²) in [5.41, 5.74) is 7.90. The second-order valence-corrected chi connectivity index (χ2v) is 5.31. The van der Waals surface area contributed by atoms with E-state index in [0.717, 1.165) is 20.8 Å². The molecule has 2 nitrogen and oxygen atoms in total. The van der Waals surface area contributed by atoms with Crippen molar-refractivity contribution in [1.82, 2.24) is 4.98 Å². The Labute approximate surface area is 112 Å². The molecule has 5 heteroatoms. The molecule has 90 valence electrons. The highest BCUT2D eigenvalue weighted by Crippen LogP contribution is 2.35. The number of halogens is 2. The Hall–Kier alpha value is -1.65. The van der Waals surface area contributed by atoms with Crippen molar-refractivity contribution in [2.75, 3.05) is 5.73 Å². The number of thiazole rings is 1. The number of hydrogen-bond donors (Lipinski definition) is 1. The topological polar surface area (TPSA) is 38.9 Å². The van der Waals surface area contributed by atoms with Crippen LogP contribution in [-0.2, 0) is 0 Å². The maximum absolute atomic E-state index is 13.1. The average Bonchev–Trinajstić information content (AvgIpc) is 2.74. The Kier molecular flexibility index (Phi) is 2.69. The van der Waals surface area contributed by atoms with Crippen LogP contribution in [0.2, 0.25) is 5.02 Å². The maximum atomic E-state index is 13.1. The van der Waals surface area contributed by atoms with Gasteiger partial charge in [-0.25, -0.2) is 9.37 Å². The molecule has 0 aliphatic carbocycles. The molecule has 2 aromatic carbocycles. The predicted molar refractivity (Wildman–Crippen MR) is 74.4 cm³/mol. The predicted octanol–water partition coefficient (Wildman–Crippen LogP) is 4.34. The van der Waals surface area contributed by atoms with Gasteiger partial charge in [0.05, 0.1) is 15.2 Å². The molecule has 3 aromatic rings. The van der Waals surface area contributed by atoms with Crippen LogP contribution in [0.5, 0.6) is 0 Å². The molecule has 2 N–H and O–H groups in total. The molecular formula is C13H8ClFN2S. The zero-order valence-corrected chi connectivity index (χ0v) is 10.7. The van der Waals surface area contributed by atoms with E-state index in [1.807, 2.05) is 0 Å². The summed E-state index contributed by atoms with van der Waals surface area (Å²) < 4.78 is 13.9. The largest absolute Gasteiger partial charge is 0.399 e. The number of nitrogens with two attached hydrogens (primary N) is 1. The van der Waals surface area contributed by atoms with Gasteiger partial charge < -0.3 is 5.73 Å².